The highest BCUT2D eigenvalue weighted by molar-refractivity contribution is 5.93. The van der Waals surface area contributed by atoms with Gasteiger partial charge in [0.05, 0.1) is 13.7 Å². The van der Waals surface area contributed by atoms with Crippen LogP contribution in [0, 0.1) is 0 Å². The van der Waals surface area contributed by atoms with Gasteiger partial charge in [0.1, 0.15) is 30.0 Å². The first-order valence-electron chi connectivity index (χ1n) is 11.1. The predicted molar refractivity (Wildman–Crippen MR) is 126 cm³/mol. The number of carbonyl (C=O) groups excluding carboxylic acids is 5. The van der Waals surface area contributed by atoms with Crippen molar-refractivity contribution in [1.29, 1.82) is 0 Å². The molecule has 200 valence electrons. The zero-order valence-electron chi connectivity index (χ0n) is 20.8. The Labute approximate surface area is 208 Å². The van der Waals surface area contributed by atoms with Crippen LogP contribution in [0.15, 0.2) is 24.3 Å². The highest BCUT2D eigenvalue weighted by atomic mass is 16.6. The lowest BCUT2D eigenvalue weighted by atomic mass is 10.0. The number of carbonyl (C=O) groups is 5. The van der Waals surface area contributed by atoms with Crippen LogP contribution in [0.5, 0.6) is 5.75 Å². The Morgan fingerprint density at radius 2 is 1.72 bits per heavy atom. The van der Waals surface area contributed by atoms with E-state index in [0.717, 1.165) is 12.0 Å². The number of methoxy groups -OCH3 is 1. The third kappa shape index (κ3) is 10.2. The van der Waals surface area contributed by atoms with Crippen molar-refractivity contribution in [3.05, 3.63) is 29.8 Å². The van der Waals surface area contributed by atoms with Gasteiger partial charge in [0.2, 0.25) is 17.7 Å². The fourth-order valence-corrected chi connectivity index (χ4v) is 3.13. The maximum absolute atomic E-state index is 13.6. The number of aromatic hydroxyl groups is 1. The Bertz CT molecular complexity index is 929. The summed E-state index contributed by atoms with van der Waals surface area (Å²) in [6, 6.07) is 2.63. The molecule has 2 unspecified atom stereocenters. The van der Waals surface area contributed by atoms with Crippen molar-refractivity contribution in [2.45, 2.75) is 51.3 Å². The lowest BCUT2D eigenvalue weighted by Gasteiger charge is -2.34. The summed E-state index contributed by atoms with van der Waals surface area (Å²) in [4.78, 5) is 63.0. The van der Waals surface area contributed by atoms with Gasteiger partial charge in [-0.05, 0) is 44.9 Å². The number of phenols is 1. The van der Waals surface area contributed by atoms with Gasteiger partial charge in [-0.1, -0.05) is 12.1 Å². The molecule has 0 aliphatic carbocycles. The summed E-state index contributed by atoms with van der Waals surface area (Å²) in [6.07, 6.45) is -1.41. The van der Waals surface area contributed by atoms with E-state index in [1.165, 1.54) is 24.3 Å². The van der Waals surface area contributed by atoms with Crippen LogP contribution in [0.25, 0.3) is 0 Å². The summed E-state index contributed by atoms with van der Waals surface area (Å²) < 4.78 is 9.72. The van der Waals surface area contributed by atoms with Crippen LogP contribution in [0.4, 0.5) is 4.79 Å². The molecule has 6 N–H and O–H groups in total. The number of alkyl carbamates (subject to hydrolysis) is 1. The Balaban J connectivity index is 3.40. The summed E-state index contributed by atoms with van der Waals surface area (Å²) in [5.74, 6) is -3.17. The molecule has 0 fully saturated rings. The first-order valence-corrected chi connectivity index (χ1v) is 11.1. The second-order valence-corrected chi connectivity index (χ2v) is 8.75. The van der Waals surface area contributed by atoms with Crippen LogP contribution < -0.4 is 16.4 Å². The number of nitrogens with zero attached hydrogens (tertiary/aromatic N) is 1. The molecule has 1 aromatic rings. The molecule has 0 saturated carbocycles. The third-order valence-electron chi connectivity index (χ3n) is 4.70. The summed E-state index contributed by atoms with van der Waals surface area (Å²) in [5, 5.41) is 24.1. The fraction of sp³-hybridized carbons (Fsp3) is 0.522. The van der Waals surface area contributed by atoms with Crippen LogP contribution in [-0.4, -0.2) is 83.3 Å². The van der Waals surface area contributed by atoms with Gasteiger partial charge < -0.3 is 41.0 Å². The number of hydrogen-bond donors (Lipinski definition) is 5. The monoisotopic (exact) mass is 510 g/mol. The molecule has 0 aliphatic heterocycles. The van der Waals surface area contributed by atoms with Gasteiger partial charge in [-0.3, -0.25) is 19.2 Å². The van der Waals surface area contributed by atoms with Crippen molar-refractivity contribution in [3.63, 3.8) is 0 Å². The highest BCUT2D eigenvalue weighted by Crippen LogP contribution is 2.25. The molecule has 0 radical (unpaired) electrons. The molecular formula is C23H34N4O9. The summed E-state index contributed by atoms with van der Waals surface area (Å²) in [7, 11) is 1.14. The third-order valence-corrected chi connectivity index (χ3v) is 4.70. The van der Waals surface area contributed by atoms with E-state index < -0.39 is 60.6 Å². The van der Waals surface area contributed by atoms with E-state index in [1.54, 1.807) is 20.8 Å². The number of ether oxygens (including phenoxy) is 2. The van der Waals surface area contributed by atoms with Gasteiger partial charge in [0, 0.05) is 13.0 Å². The fourth-order valence-electron chi connectivity index (χ4n) is 3.13. The molecule has 13 heteroatoms. The normalized spacial score (nSPS) is 12.6. The Morgan fingerprint density at radius 1 is 1.11 bits per heavy atom. The molecule has 0 heterocycles. The molecule has 0 spiro atoms. The van der Waals surface area contributed by atoms with E-state index in [1.807, 2.05) is 0 Å². The number of nitrogens with one attached hydrogen (secondary N) is 2. The van der Waals surface area contributed by atoms with Crippen molar-refractivity contribution >= 4 is 29.8 Å². The number of amides is 4. The number of aliphatic hydroxyl groups is 1. The van der Waals surface area contributed by atoms with E-state index in [4.69, 9.17) is 10.5 Å². The smallest absolute Gasteiger partial charge is 0.408 e. The van der Waals surface area contributed by atoms with Crippen LogP contribution >= 0.6 is 0 Å². The number of benzene rings is 1. The molecule has 0 saturated heterocycles. The van der Waals surface area contributed by atoms with E-state index in [2.05, 4.69) is 15.4 Å². The molecule has 2 atom stereocenters. The summed E-state index contributed by atoms with van der Waals surface area (Å²) >= 11 is 0. The quantitative estimate of drug-likeness (QED) is 0.234. The van der Waals surface area contributed by atoms with Gasteiger partial charge in [-0.15, -0.1) is 0 Å². The average molecular weight is 511 g/mol. The summed E-state index contributed by atoms with van der Waals surface area (Å²) in [5.41, 5.74) is 4.58. The van der Waals surface area contributed by atoms with Crippen LogP contribution in [0.1, 0.15) is 45.2 Å². The number of aliphatic hydroxyl groups excluding tert-OH is 1. The van der Waals surface area contributed by atoms with Crippen molar-refractivity contribution in [2.75, 3.05) is 26.8 Å². The summed E-state index contributed by atoms with van der Waals surface area (Å²) in [6.45, 7) is 3.47. The zero-order valence-corrected chi connectivity index (χ0v) is 20.8. The minimum Gasteiger partial charge on any atom is -0.508 e. The minimum atomic E-state index is -1.38. The van der Waals surface area contributed by atoms with Crippen LogP contribution in [-0.2, 0) is 28.7 Å². The van der Waals surface area contributed by atoms with E-state index in [9.17, 15) is 34.2 Å². The minimum absolute atomic E-state index is 0.0987. The van der Waals surface area contributed by atoms with E-state index >= 15 is 0 Å². The maximum Gasteiger partial charge on any atom is 0.408 e. The van der Waals surface area contributed by atoms with Crippen molar-refractivity contribution in [3.8, 4) is 5.75 Å². The van der Waals surface area contributed by atoms with Crippen molar-refractivity contribution < 1.29 is 43.7 Å². The van der Waals surface area contributed by atoms with Crippen LogP contribution in [0.2, 0.25) is 0 Å². The molecule has 0 aliphatic rings. The number of primary amides is 1. The average Bonchev–Trinajstić information content (AvgIpc) is 2.79. The molecule has 36 heavy (non-hydrogen) atoms. The number of nitrogens with two attached hydrogens (primary N) is 1. The Kier molecular flexibility index (Phi) is 11.6. The maximum atomic E-state index is 13.6. The second-order valence-electron chi connectivity index (χ2n) is 8.75. The SMILES string of the molecule is COC(=O)CNC(=O)C(c1ccc(O)cc1)N(CCO)C(=O)C(CCC(N)=O)NC(=O)OC(C)(C)C. The number of esters is 1. The highest BCUT2D eigenvalue weighted by Gasteiger charge is 2.36. The number of hydrogen-bond acceptors (Lipinski definition) is 9. The first kappa shape index (κ1) is 30.2. The van der Waals surface area contributed by atoms with Crippen molar-refractivity contribution in [2.24, 2.45) is 5.73 Å². The van der Waals surface area contributed by atoms with Crippen LogP contribution in [0.3, 0.4) is 0 Å². The molecule has 1 rings (SSSR count). The Hall–Kier alpha value is -3.87. The largest absolute Gasteiger partial charge is 0.508 e. The van der Waals surface area contributed by atoms with Gasteiger partial charge >= 0.3 is 12.1 Å². The molecular weight excluding hydrogens is 476 g/mol. The lowest BCUT2D eigenvalue weighted by Crippen LogP contribution is -2.54. The molecule has 13 nitrogen and oxygen atoms in total. The number of rotatable bonds is 12. The topological polar surface area (TPSA) is 198 Å². The number of phenolic OH excluding ortho intramolecular Hbond substituents is 1. The van der Waals surface area contributed by atoms with Gasteiger partial charge in [-0.25, -0.2) is 4.79 Å². The van der Waals surface area contributed by atoms with Gasteiger partial charge in [-0.2, -0.15) is 0 Å². The molecule has 0 aromatic heterocycles. The zero-order chi connectivity index (χ0) is 27.5. The van der Waals surface area contributed by atoms with E-state index in [0.29, 0.717) is 0 Å². The van der Waals surface area contributed by atoms with E-state index in [-0.39, 0.29) is 30.7 Å². The molecule has 4 amide bonds. The van der Waals surface area contributed by atoms with Gasteiger partial charge in [0.15, 0.2) is 0 Å². The lowest BCUT2D eigenvalue weighted by molar-refractivity contribution is -0.145. The van der Waals surface area contributed by atoms with Gasteiger partial charge in [0.25, 0.3) is 0 Å². The Morgan fingerprint density at radius 3 is 2.22 bits per heavy atom. The standard InChI is InChI=1S/C23H34N4O9/c1-23(2,3)36-22(34)26-16(9-10-17(24)30)21(33)27(11-12-28)19(14-5-7-15(29)8-6-14)20(32)25-13-18(31)35-4/h5-8,16,19,28-29H,9-13H2,1-4H3,(H2,24,30)(H,25,32)(H,26,34). The molecule has 1 aromatic carbocycles. The predicted octanol–water partition coefficient (Wildman–Crippen LogP) is -0.298. The van der Waals surface area contributed by atoms with Crippen molar-refractivity contribution in [1.82, 2.24) is 15.5 Å². The first-order chi connectivity index (χ1) is 16.8. The second kappa shape index (κ2) is 13.9. The molecule has 0 bridgehead atoms.